The molecule has 0 fully saturated rings. The maximum absolute atomic E-state index is 15.2. The molecule has 0 heterocycles. The van der Waals surface area contributed by atoms with E-state index in [0.29, 0.717) is 27.6 Å². The smallest absolute Gasteiger partial charge is 0.550 e. The summed E-state index contributed by atoms with van der Waals surface area (Å²) >= 11 is 12.2. The van der Waals surface area contributed by atoms with E-state index >= 15 is 4.39 Å². The number of carbonyl (C=O) groups is 2. The third-order valence-electron chi connectivity index (χ3n) is 6.12. The third-order valence-corrected chi connectivity index (χ3v) is 6.86. The Hall–Kier alpha value is -1.97. The molecule has 0 unspecified atom stereocenters. The van der Waals surface area contributed by atoms with Crippen molar-refractivity contribution in [2.75, 3.05) is 0 Å². The first-order valence-corrected chi connectivity index (χ1v) is 12.5. The molecule has 1 amide bonds. The molecule has 0 aromatic heterocycles. The second kappa shape index (κ2) is 15.0. The fourth-order valence-corrected chi connectivity index (χ4v) is 4.50. The molecule has 6 nitrogen and oxygen atoms in total. The summed E-state index contributed by atoms with van der Waals surface area (Å²) in [7, 11) is 0. The Balaban J connectivity index is 0.00000507. The molecule has 3 rings (SSSR count). The van der Waals surface area contributed by atoms with E-state index in [2.05, 4.69) is 5.32 Å². The van der Waals surface area contributed by atoms with Gasteiger partial charge in [-0.15, -0.1) is 0 Å². The summed E-state index contributed by atoms with van der Waals surface area (Å²) in [5, 5.41) is 34.0. The van der Waals surface area contributed by atoms with Crippen LogP contribution in [-0.2, 0) is 16.0 Å². The quantitative estimate of drug-likeness (QED) is 0.297. The van der Waals surface area contributed by atoms with Gasteiger partial charge in [0, 0.05) is 36.3 Å². The average molecular weight is 570 g/mol. The standard InChI is InChI=1S/C28H28Cl2FNO5.Na/c1-16(32-28(37)26(34)14-20(33)15-27(35)36)22(11-17-7-10-23(29)24(30)12-17)19-8-9-21(25(31)13-19)18-5-3-2-4-6-18;/h2-10,12-13,16,20,22,26,33-34H,11,14-15H2,1H3,(H,32,37)(H,35,36);/q;+1/p-1/t16-,20+,22+,26-;/m0./s1. The monoisotopic (exact) mass is 569 g/mol. The van der Waals surface area contributed by atoms with Crippen LogP contribution in [0.4, 0.5) is 4.39 Å². The van der Waals surface area contributed by atoms with Crippen LogP contribution in [0.3, 0.4) is 0 Å². The minimum absolute atomic E-state index is 0. The van der Waals surface area contributed by atoms with E-state index in [1.165, 1.54) is 6.07 Å². The van der Waals surface area contributed by atoms with Gasteiger partial charge in [-0.05, 0) is 48.2 Å². The molecule has 0 aliphatic carbocycles. The van der Waals surface area contributed by atoms with E-state index in [9.17, 15) is 24.9 Å². The minimum Gasteiger partial charge on any atom is -0.550 e. The number of hydrogen-bond acceptors (Lipinski definition) is 5. The van der Waals surface area contributed by atoms with E-state index in [1.807, 2.05) is 30.3 Å². The Labute approximate surface area is 253 Å². The number of aliphatic carboxylic acids is 1. The van der Waals surface area contributed by atoms with Crippen molar-refractivity contribution in [1.29, 1.82) is 0 Å². The van der Waals surface area contributed by atoms with Crippen molar-refractivity contribution in [3.8, 4) is 11.1 Å². The van der Waals surface area contributed by atoms with Crippen molar-refractivity contribution in [2.45, 2.75) is 50.4 Å². The number of carboxylic acid groups (broad SMARTS) is 1. The Kier molecular flexibility index (Phi) is 12.7. The summed E-state index contributed by atoms with van der Waals surface area (Å²) in [6, 6.07) is 18.6. The van der Waals surface area contributed by atoms with Gasteiger partial charge in [0.25, 0.3) is 0 Å². The van der Waals surface area contributed by atoms with Crippen molar-refractivity contribution in [1.82, 2.24) is 5.32 Å². The second-order valence-electron chi connectivity index (χ2n) is 8.94. The number of aliphatic hydroxyl groups is 2. The minimum atomic E-state index is -1.64. The van der Waals surface area contributed by atoms with Crippen molar-refractivity contribution in [2.24, 2.45) is 0 Å². The number of carboxylic acids is 1. The largest absolute Gasteiger partial charge is 1.00 e. The zero-order chi connectivity index (χ0) is 27.1. The first-order chi connectivity index (χ1) is 17.5. The van der Waals surface area contributed by atoms with Crippen molar-refractivity contribution in [3.05, 3.63) is 93.7 Å². The number of aliphatic hydroxyl groups excluding tert-OH is 2. The van der Waals surface area contributed by atoms with Gasteiger partial charge in [0.15, 0.2) is 0 Å². The van der Waals surface area contributed by atoms with Crippen LogP contribution in [0.5, 0.6) is 0 Å². The molecule has 0 saturated heterocycles. The fourth-order valence-electron chi connectivity index (χ4n) is 4.18. The van der Waals surface area contributed by atoms with Crippen molar-refractivity contribution < 1.29 is 58.9 Å². The number of benzene rings is 3. The second-order valence-corrected chi connectivity index (χ2v) is 9.76. The molecule has 0 spiro atoms. The summed E-state index contributed by atoms with van der Waals surface area (Å²) in [5.41, 5.74) is 2.58. The summed E-state index contributed by atoms with van der Waals surface area (Å²) in [6.07, 6.45) is -3.88. The van der Waals surface area contributed by atoms with Crippen LogP contribution in [0.1, 0.15) is 36.8 Å². The number of nitrogens with one attached hydrogen (secondary N) is 1. The van der Waals surface area contributed by atoms with E-state index in [-0.39, 0.29) is 29.6 Å². The van der Waals surface area contributed by atoms with Crippen LogP contribution in [0.15, 0.2) is 66.7 Å². The Morgan fingerprint density at radius 1 is 1.00 bits per heavy atom. The van der Waals surface area contributed by atoms with E-state index < -0.39 is 54.7 Å². The average Bonchev–Trinajstić information content (AvgIpc) is 2.84. The predicted octanol–water partition coefficient (Wildman–Crippen LogP) is 0.886. The van der Waals surface area contributed by atoms with Crippen LogP contribution in [0, 0.1) is 5.82 Å². The topological polar surface area (TPSA) is 110 Å². The first kappa shape index (κ1) is 32.2. The summed E-state index contributed by atoms with van der Waals surface area (Å²) in [4.78, 5) is 23.3. The van der Waals surface area contributed by atoms with Gasteiger partial charge in [0.2, 0.25) is 5.91 Å². The molecule has 0 bridgehead atoms. The van der Waals surface area contributed by atoms with Gasteiger partial charge in [-0.25, -0.2) is 4.39 Å². The zero-order valence-corrected chi connectivity index (χ0v) is 24.5. The van der Waals surface area contributed by atoms with Gasteiger partial charge in [0.05, 0.1) is 16.1 Å². The summed E-state index contributed by atoms with van der Waals surface area (Å²) in [5.74, 6) is -3.13. The van der Waals surface area contributed by atoms with Crippen molar-refractivity contribution in [3.63, 3.8) is 0 Å². The van der Waals surface area contributed by atoms with E-state index in [4.69, 9.17) is 23.2 Å². The number of halogens is 3. The molecule has 0 aliphatic heterocycles. The SMILES string of the molecule is C[C@H](NC(=O)[C@@H](O)C[C@@H](O)CC(=O)[O-])[C@@H](Cc1ccc(Cl)c(Cl)c1)c1ccc(-c2ccccc2)c(F)c1.[Na+]. The van der Waals surface area contributed by atoms with E-state index in [0.717, 1.165) is 11.1 Å². The molecular formula is C28H27Cl2FNNaO5. The maximum Gasteiger partial charge on any atom is 1.00 e. The predicted molar refractivity (Wildman–Crippen MR) is 139 cm³/mol. The number of amides is 1. The van der Waals surface area contributed by atoms with Gasteiger partial charge in [0.1, 0.15) is 11.9 Å². The van der Waals surface area contributed by atoms with Crippen LogP contribution < -0.4 is 40.0 Å². The van der Waals surface area contributed by atoms with E-state index in [1.54, 1.807) is 37.3 Å². The normalized spacial score (nSPS) is 14.1. The van der Waals surface area contributed by atoms with Gasteiger partial charge < -0.3 is 25.4 Å². The Morgan fingerprint density at radius 2 is 1.68 bits per heavy atom. The fraction of sp³-hybridized carbons (Fsp3) is 0.286. The molecule has 3 aromatic carbocycles. The number of hydrogen-bond donors (Lipinski definition) is 3. The molecule has 0 aliphatic rings. The van der Waals surface area contributed by atoms with Gasteiger partial charge in [-0.3, -0.25) is 4.79 Å². The molecular weight excluding hydrogens is 543 g/mol. The van der Waals surface area contributed by atoms with Crippen LogP contribution in [0.2, 0.25) is 10.0 Å². The van der Waals surface area contributed by atoms with Crippen molar-refractivity contribution >= 4 is 35.1 Å². The third kappa shape index (κ3) is 9.06. The number of rotatable bonds is 11. The molecule has 0 saturated carbocycles. The first-order valence-electron chi connectivity index (χ1n) is 11.7. The molecule has 38 heavy (non-hydrogen) atoms. The number of carbonyl (C=O) groups excluding carboxylic acids is 2. The molecule has 3 N–H and O–H groups in total. The molecule has 0 radical (unpaired) electrons. The molecule has 3 aromatic rings. The van der Waals surface area contributed by atoms with Gasteiger partial charge in [-0.1, -0.05) is 71.7 Å². The summed E-state index contributed by atoms with van der Waals surface area (Å²) < 4.78 is 15.2. The van der Waals surface area contributed by atoms with Gasteiger partial charge in [-0.2, -0.15) is 0 Å². The zero-order valence-electron chi connectivity index (χ0n) is 21.0. The van der Waals surface area contributed by atoms with Gasteiger partial charge >= 0.3 is 29.6 Å². The van der Waals surface area contributed by atoms with Crippen LogP contribution in [-0.4, -0.2) is 40.3 Å². The summed E-state index contributed by atoms with van der Waals surface area (Å²) in [6.45, 7) is 1.72. The molecule has 4 atom stereocenters. The van der Waals surface area contributed by atoms with Crippen LogP contribution >= 0.6 is 23.2 Å². The Morgan fingerprint density at radius 3 is 2.29 bits per heavy atom. The molecule has 10 heteroatoms. The maximum atomic E-state index is 15.2. The van der Waals surface area contributed by atoms with Crippen LogP contribution in [0.25, 0.3) is 11.1 Å². The molecule has 196 valence electrons. The Bertz CT molecular complexity index is 1250.